The maximum Gasteiger partial charge on any atom is 0.179 e. The first-order valence-corrected chi connectivity index (χ1v) is 7.07. The van der Waals surface area contributed by atoms with Gasteiger partial charge in [-0.1, -0.05) is 0 Å². The molecular weight excluding hydrogens is 357 g/mol. The van der Waals surface area contributed by atoms with Crippen molar-refractivity contribution in [3.05, 3.63) is 10.0 Å². The van der Waals surface area contributed by atoms with Crippen molar-refractivity contribution < 1.29 is 0 Å². The van der Waals surface area contributed by atoms with Crippen molar-refractivity contribution in [2.45, 2.75) is 18.9 Å². The molecule has 3 rings (SSSR count). The molecule has 0 unspecified atom stereocenters. The average molecular weight is 369 g/mol. The predicted octanol–water partition coefficient (Wildman–Crippen LogP) is 1.13. The molecule has 0 spiro atoms. The molecule has 98 valence electrons. The van der Waals surface area contributed by atoms with E-state index in [9.17, 15) is 0 Å². The molecule has 0 aromatic carbocycles. The first kappa shape index (κ1) is 12.4. The minimum Gasteiger partial charge on any atom is -0.383 e. The average Bonchev–Trinajstić information content (AvgIpc) is 2.78. The topological polar surface area (TPSA) is 96.7 Å². The standard InChI is InChI=1S/C11H12IN7/c12-9-8-10(14)15-6-16-11(8)19(17-9)7-2-1-3-18(4-7)5-13/h6-7H,1-4H2,(H2,14,15,16)/t7-/m1/s1. The Morgan fingerprint density at radius 2 is 2.32 bits per heavy atom. The highest BCUT2D eigenvalue weighted by Crippen LogP contribution is 2.28. The lowest BCUT2D eigenvalue weighted by Gasteiger charge is -2.28. The molecule has 1 saturated heterocycles. The number of nitrogens with zero attached hydrogens (tertiary/aromatic N) is 6. The Morgan fingerprint density at radius 3 is 3.11 bits per heavy atom. The number of hydrogen-bond donors (Lipinski definition) is 1. The number of fused-ring (bicyclic) bond motifs is 1. The Labute approximate surface area is 123 Å². The van der Waals surface area contributed by atoms with E-state index in [4.69, 9.17) is 11.0 Å². The van der Waals surface area contributed by atoms with E-state index in [2.05, 4.69) is 43.9 Å². The van der Waals surface area contributed by atoms with Crippen LogP contribution in [0, 0.1) is 15.2 Å². The van der Waals surface area contributed by atoms with Crippen molar-refractivity contribution in [2.24, 2.45) is 0 Å². The smallest absolute Gasteiger partial charge is 0.179 e. The number of likely N-dealkylation sites (tertiary alicyclic amines) is 1. The van der Waals surface area contributed by atoms with Crippen molar-refractivity contribution in [3.63, 3.8) is 0 Å². The van der Waals surface area contributed by atoms with Crippen LogP contribution in [0.15, 0.2) is 6.33 Å². The second kappa shape index (κ2) is 4.80. The summed E-state index contributed by atoms with van der Waals surface area (Å²) < 4.78 is 2.69. The summed E-state index contributed by atoms with van der Waals surface area (Å²) in [4.78, 5) is 10.1. The fourth-order valence-corrected chi connectivity index (χ4v) is 3.20. The van der Waals surface area contributed by atoms with Crippen LogP contribution in [0.4, 0.5) is 5.82 Å². The summed E-state index contributed by atoms with van der Waals surface area (Å²) in [7, 11) is 0. The molecule has 0 bridgehead atoms. The third-order valence-electron chi connectivity index (χ3n) is 3.36. The van der Waals surface area contributed by atoms with Crippen molar-refractivity contribution >= 4 is 39.4 Å². The lowest BCUT2D eigenvalue weighted by molar-refractivity contribution is 0.236. The Balaban J connectivity index is 2.06. The quantitative estimate of drug-likeness (QED) is 0.598. The maximum atomic E-state index is 9.02. The highest BCUT2D eigenvalue weighted by atomic mass is 127. The van der Waals surface area contributed by atoms with Gasteiger partial charge in [-0.25, -0.2) is 14.6 Å². The van der Waals surface area contributed by atoms with Crippen LogP contribution in [-0.2, 0) is 0 Å². The molecule has 0 amide bonds. The minimum absolute atomic E-state index is 0.161. The number of piperidine rings is 1. The molecule has 0 radical (unpaired) electrons. The zero-order valence-corrected chi connectivity index (χ0v) is 12.3. The number of rotatable bonds is 1. The molecule has 8 heteroatoms. The van der Waals surface area contributed by atoms with E-state index in [1.807, 2.05) is 4.68 Å². The Morgan fingerprint density at radius 1 is 1.47 bits per heavy atom. The first-order valence-electron chi connectivity index (χ1n) is 5.99. The van der Waals surface area contributed by atoms with E-state index in [1.54, 1.807) is 4.90 Å². The van der Waals surface area contributed by atoms with Crippen LogP contribution < -0.4 is 5.73 Å². The number of nitrogen functional groups attached to an aromatic ring is 1. The Bertz CT molecular complexity index is 659. The maximum absolute atomic E-state index is 9.02. The molecule has 1 fully saturated rings. The summed E-state index contributed by atoms with van der Waals surface area (Å²) in [5.41, 5.74) is 6.63. The largest absolute Gasteiger partial charge is 0.383 e. The number of hydrogen-bond acceptors (Lipinski definition) is 6. The van der Waals surface area contributed by atoms with Crippen LogP contribution in [0.2, 0.25) is 0 Å². The van der Waals surface area contributed by atoms with Gasteiger partial charge in [0.2, 0.25) is 0 Å². The summed E-state index contributed by atoms with van der Waals surface area (Å²) in [5.74, 6) is 0.452. The minimum atomic E-state index is 0.161. The van der Waals surface area contributed by atoms with Gasteiger partial charge in [-0.2, -0.15) is 10.4 Å². The summed E-state index contributed by atoms with van der Waals surface area (Å²) in [6.45, 7) is 1.49. The van der Waals surface area contributed by atoms with E-state index in [1.165, 1.54) is 6.33 Å². The molecule has 1 aliphatic rings. The number of nitriles is 1. The first-order chi connectivity index (χ1) is 9.20. The van der Waals surface area contributed by atoms with Gasteiger partial charge < -0.3 is 10.6 Å². The number of halogens is 1. The van der Waals surface area contributed by atoms with Crippen LogP contribution >= 0.6 is 22.6 Å². The Kier molecular flexibility index (Phi) is 3.14. The molecule has 0 saturated carbocycles. The van der Waals surface area contributed by atoms with Crippen LogP contribution in [-0.4, -0.2) is 37.7 Å². The predicted molar refractivity (Wildman–Crippen MR) is 77.9 cm³/mol. The monoisotopic (exact) mass is 369 g/mol. The van der Waals surface area contributed by atoms with E-state index >= 15 is 0 Å². The van der Waals surface area contributed by atoms with Gasteiger partial charge in [-0.3, -0.25) is 0 Å². The van der Waals surface area contributed by atoms with Gasteiger partial charge in [-0.15, -0.1) is 0 Å². The van der Waals surface area contributed by atoms with Gasteiger partial charge in [-0.05, 0) is 35.4 Å². The summed E-state index contributed by atoms with van der Waals surface area (Å²) in [6.07, 6.45) is 5.64. The molecule has 0 aliphatic carbocycles. The molecule has 1 aliphatic heterocycles. The Hall–Kier alpha value is -1.63. The van der Waals surface area contributed by atoms with Gasteiger partial charge in [0.25, 0.3) is 0 Å². The van der Waals surface area contributed by atoms with E-state index in [0.29, 0.717) is 12.4 Å². The van der Waals surface area contributed by atoms with Crippen LogP contribution in [0.1, 0.15) is 18.9 Å². The molecule has 3 heterocycles. The van der Waals surface area contributed by atoms with Crippen molar-refractivity contribution in [1.82, 2.24) is 24.6 Å². The van der Waals surface area contributed by atoms with Crippen LogP contribution in [0.25, 0.3) is 11.0 Å². The lowest BCUT2D eigenvalue weighted by Crippen LogP contribution is -2.33. The highest BCUT2D eigenvalue weighted by molar-refractivity contribution is 14.1. The molecule has 1 atom stereocenters. The van der Waals surface area contributed by atoms with Crippen molar-refractivity contribution in [2.75, 3.05) is 18.8 Å². The summed E-state index contributed by atoms with van der Waals surface area (Å²) in [5, 5.41) is 14.3. The van der Waals surface area contributed by atoms with E-state index < -0.39 is 0 Å². The summed E-state index contributed by atoms with van der Waals surface area (Å²) >= 11 is 2.14. The number of nitrogens with two attached hydrogens (primary N) is 1. The fourth-order valence-electron chi connectivity index (χ4n) is 2.45. The zero-order valence-electron chi connectivity index (χ0n) is 10.1. The SMILES string of the molecule is N#CN1CCC[C@@H](n2nc(I)c3c(N)ncnc32)C1. The van der Waals surface area contributed by atoms with Crippen molar-refractivity contribution in [1.29, 1.82) is 5.26 Å². The van der Waals surface area contributed by atoms with Crippen LogP contribution in [0.5, 0.6) is 0 Å². The normalized spacial score (nSPS) is 19.6. The number of anilines is 1. The molecule has 19 heavy (non-hydrogen) atoms. The van der Waals surface area contributed by atoms with Gasteiger partial charge in [0.15, 0.2) is 11.8 Å². The second-order valence-corrected chi connectivity index (χ2v) is 5.56. The van der Waals surface area contributed by atoms with Gasteiger partial charge in [0, 0.05) is 6.54 Å². The van der Waals surface area contributed by atoms with Crippen LogP contribution in [0.3, 0.4) is 0 Å². The van der Waals surface area contributed by atoms with E-state index in [-0.39, 0.29) is 6.04 Å². The van der Waals surface area contributed by atoms with Crippen molar-refractivity contribution in [3.8, 4) is 6.19 Å². The lowest BCUT2D eigenvalue weighted by atomic mass is 10.1. The molecule has 2 aromatic heterocycles. The van der Waals surface area contributed by atoms with Gasteiger partial charge in [0.1, 0.15) is 15.8 Å². The molecular formula is C11H12IN7. The molecule has 7 nitrogen and oxygen atoms in total. The third-order valence-corrected chi connectivity index (χ3v) is 4.11. The van der Waals surface area contributed by atoms with Gasteiger partial charge >= 0.3 is 0 Å². The molecule has 2 N–H and O–H groups in total. The van der Waals surface area contributed by atoms with Gasteiger partial charge in [0.05, 0.1) is 18.0 Å². The highest BCUT2D eigenvalue weighted by Gasteiger charge is 2.25. The van der Waals surface area contributed by atoms with E-state index in [0.717, 1.165) is 34.1 Å². The summed E-state index contributed by atoms with van der Waals surface area (Å²) in [6, 6.07) is 0.161. The zero-order chi connectivity index (χ0) is 13.4. The second-order valence-electron chi connectivity index (χ2n) is 4.53. The third kappa shape index (κ3) is 2.07. The molecule has 2 aromatic rings. The number of aromatic nitrogens is 4. The fraction of sp³-hybridized carbons (Fsp3) is 0.455.